The Morgan fingerprint density at radius 1 is 0.969 bits per heavy atom. The number of carboxylic acid groups (broad SMARTS) is 1. The number of fused-ring (bicyclic) bond motifs is 3. The molecule has 0 heterocycles. The van der Waals surface area contributed by atoms with Gasteiger partial charge in [-0.25, -0.2) is 4.79 Å². The first-order valence-corrected chi connectivity index (χ1v) is 10.7. The van der Waals surface area contributed by atoms with Gasteiger partial charge in [0.25, 0.3) is 0 Å². The summed E-state index contributed by atoms with van der Waals surface area (Å²) in [4.78, 5) is 34.6. The van der Waals surface area contributed by atoms with Gasteiger partial charge in [-0.05, 0) is 42.0 Å². The zero-order valence-corrected chi connectivity index (χ0v) is 18.1. The zero-order valence-electron chi connectivity index (χ0n) is 18.1. The monoisotopic (exact) mass is 436 g/mol. The van der Waals surface area contributed by atoms with Crippen molar-refractivity contribution >= 4 is 18.0 Å². The lowest BCUT2D eigenvalue weighted by Gasteiger charge is -2.14. The van der Waals surface area contributed by atoms with Gasteiger partial charge in [-0.1, -0.05) is 54.6 Å². The Balaban J connectivity index is 1.43. The molecule has 2 amide bonds. The van der Waals surface area contributed by atoms with E-state index in [1.165, 1.54) is 11.1 Å². The Morgan fingerprint density at radius 2 is 1.59 bits per heavy atom. The summed E-state index contributed by atoms with van der Waals surface area (Å²) in [5, 5.41) is 14.0. The van der Waals surface area contributed by atoms with Crippen LogP contribution in [-0.2, 0) is 14.3 Å². The molecule has 168 valence electrons. The fourth-order valence-corrected chi connectivity index (χ4v) is 3.77. The molecule has 1 aliphatic carbocycles. The Hall–Kier alpha value is -3.61. The standard InChI is InChI=1S/C25H28N2O5/c1-17(24(30)26-14-7-6-12-23(28)29)13-15-27-25(31)32-16-22-20-10-4-2-8-18(20)19-9-3-5-11-21(19)22/h2-5,8-11,13,22H,6-7,12,14-16H2,1H3,(H,26,30)(H,27,31)(H,28,29)/b17-13+. The summed E-state index contributed by atoms with van der Waals surface area (Å²) in [7, 11) is 0. The van der Waals surface area contributed by atoms with Crippen LogP contribution in [0.5, 0.6) is 0 Å². The predicted octanol–water partition coefficient (Wildman–Crippen LogP) is 3.84. The summed E-state index contributed by atoms with van der Waals surface area (Å²) in [6.07, 6.45) is 2.29. The van der Waals surface area contributed by atoms with Crippen LogP contribution in [0.3, 0.4) is 0 Å². The van der Waals surface area contributed by atoms with Gasteiger partial charge in [0.2, 0.25) is 5.91 Å². The van der Waals surface area contributed by atoms with Crippen molar-refractivity contribution in [3.8, 4) is 11.1 Å². The molecular weight excluding hydrogens is 408 g/mol. The van der Waals surface area contributed by atoms with Gasteiger partial charge in [-0.2, -0.15) is 0 Å². The van der Waals surface area contributed by atoms with Gasteiger partial charge in [0.1, 0.15) is 6.61 Å². The van der Waals surface area contributed by atoms with Crippen LogP contribution in [0.4, 0.5) is 4.79 Å². The van der Waals surface area contributed by atoms with Crippen LogP contribution in [0, 0.1) is 0 Å². The van der Waals surface area contributed by atoms with Crippen molar-refractivity contribution in [1.82, 2.24) is 10.6 Å². The van der Waals surface area contributed by atoms with E-state index in [9.17, 15) is 14.4 Å². The summed E-state index contributed by atoms with van der Waals surface area (Å²) in [6.45, 7) is 2.48. The largest absolute Gasteiger partial charge is 0.481 e. The van der Waals surface area contributed by atoms with Gasteiger partial charge in [-0.15, -0.1) is 0 Å². The quantitative estimate of drug-likeness (QED) is 0.388. The molecule has 7 heteroatoms. The Kier molecular flexibility index (Phi) is 8.02. The molecule has 0 spiro atoms. The number of aliphatic carboxylic acids is 1. The molecule has 2 aromatic carbocycles. The summed E-state index contributed by atoms with van der Waals surface area (Å²) in [5.41, 5.74) is 5.12. The molecule has 0 fully saturated rings. The van der Waals surface area contributed by atoms with Crippen molar-refractivity contribution in [1.29, 1.82) is 0 Å². The summed E-state index contributed by atoms with van der Waals surface area (Å²) in [6, 6.07) is 16.3. The number of rotatable bonds is 10. The van der Waals surface area contributed by atoms with E-state index in [4.69, 9.17) is 9.84 Å². The van der Waals surface area contributed by atoms with E-state index >= 15 is 0 Å². The highest BCUT2D eigenvalue weighted by atomic mass is 16.5. The molecule has 0 saturated heterocycles. The maximum atomic E-state index is 12.2. The first-order chi connectivity index (χ1) is 15.5. The highest BCUT2D eigenvalue weighted by Crippen LogP contribution is 2.44. The van der Waals surface area contributed by atoms with Crippen molar-refractivity contribution in [3.63, 3.8) is 0 Å². The second kappa shape index (κ2) is 11.1. The molecule has 0 radical (unpaired) electrons. The van der Waals surface area contributed by atoms with E-state index in [1.54, 1.807) is 13.0 Å². The smallest absolute Gasteiger partial charge is 0.407 e. The molecule has 3 rings (SSSR count). The van der Waals surface area contributed by atoms with Crippen LogP contribution in [0.1, 0.15) is 43.2 Å². The van der Waals surface area contributed by atoms with Crippen molar-refractivity contribution in [2.45, 2.75) is 32.1 Å². The van der Waals surface area contributed by atoms with Crippen LogP contribution in [-0.4, -0.2) is 42.8 Å². The van der Waals surface area contributed by atoms with E-state index in [1.807, 2.05) is 24.3 Å². The maximum absolute atomic E-state index is 12.2. The third-order valence-corrected chi connectivity index (χ3v) is 5.46. The molecular formula is C25H28N2O5. The van der Waals surface area contributed by atoms with Crippen LogP contribution < -0.4 is 10.6 Å². The van der Waals surface area contributed by atoms with Gasteiger partial charge in [0.05, 0.1) is 0 Å². The Bertz CT molecular complexity index is 969. The predicted molar refractivity (Wildman–Crippen MR) is 121 cm³/mol. The second-order valence-corrected chi connectivity index (χ2v) is 7.70. The van der Waals surface area contributed by atoms with Gasteiger partial charge in [0.15, 0.2) is 0 Å². The molecule has 0 bridgehead atoms. The number of carbonyl (C=O) groups excluding carboxylic acids is 2. The lowest BCUT2D eigenvalue weighted by Crippen LogP contribution is -2.28. The fraction of sp³-hybridized carbons (Fsp3) is 0.320. The number of benzene rings is 2. The molecule has 0 atom stereocenters. The highest BCUT2D eigenvalue weighted by molar-refractivity contribution is 5.92. The number of carboxylic acids is 1. The summed E-state index contributed by atoms with van der Waals surface area (Å²) < 4.78 is 5.47. The highest BCUT2D eigenvalue weighted by Gasteiger charge is 2.28. The minimum atomic E-state index is -0.841. The lowest BCUT2D eigenvalue weighted by molar-refractivity contribution is -0.137. The van der Waals surface area contributed by atoms with Crippen molar-refractivity contribution in [2.24, 2.45) is 0 Å². The van der Waals surface area contributed by atoms with E-state index in [-0.39, 0.29) is 31.4 Å². The van der Waals surface area contributed by atoms with Crippen LogP contribution in [0.15, 0.2) is 60.2 Å². The molecule has 7 nitrogen and oxygen atoms in total. The topological polar surface area (TPSA) is 105 Å². The van der Waals surface area contributed by atoms with Gasteiger partial charge in [0, 0.05) is 31.0 Å². The SMILES string of the molecule is C/C(=C\CNC(=O)OCC1c2ccccc2-c2ccccc21)C(=O)NCCCCC(=O)O. The Labute approximate surface area is 187 Å². The second-order valence-electron chi connectivity index (χ2n) is 7.70. The zero-order chi connectivity index (χ0) is 22.9. The van der Waals surface area contributed by atoms with E-state index in [0.717, 1.165) is 11.1 Å². The summed E-state index contributed by atoms with van der Waals surface area (Å²) >= 11 is 0. The minimum absolute atomic E-state index is 0.00247. The fourth-order valence-electron chi connectivity index (χ4n) is 3.77. The third-order valence-electron chi connectivity index (χ3n) is 5.46. The number of hydrogen-bond acceptors (Lipinski definition) is 4. The maximum Gasteiger partial charge on any atom is 0.407 e. The van der Waals surface area contributed by atoms with Crippen LogP contribution in [0.2, 0.25) is 0 Å². The number of amides is 2. The van der Waals surface area contributed by atoms with Crippen molar-refractivity contribution in [3.05, 3.63) is 71.3 Å². The minimum Gasteiger partial charge on any atom is -0.481 e. The first-order valence-electron chi connectivity index (χ1n) is 10.7. The van der Waals surface area contributed by atoms with Crippen molar-refractivity contribution in [2.75, 3.05) is 19.7 Å². The lowest BCUT2D eigenvalue weighted by atomic mass is 9.98. The number of nitrogens with one attached hydrogen (secondary N) is 2. The Morgan fingerprint density at radius 3 is 2.22 bits per heavy atom. The van der Waals surface area contributed by atoms with E-state index in [0.29, 0.717) is 25.0 Å². The molecule has 0 saturated carbocycles. The molecule has 0 unspecified atom stereocenters. The number of alkyl carbamates (subject to hydrolysis) is 1. The van der Waals surface area contributed by atoms with E-state index < -0.39 is 12.1 Å². The molecule has 1 aliphatic rings. The van der Waals surface area contributed by atoms with Crippen LogP contribution in [0.25, 0.3) is 11.1 Å². The normalized spacial score (nSPS) is 12.6. The average Bonchev–Trinajstić information content (AvgIpc) is 3.11. The van der Waals surface area contributed by atoms with Crippen molar-refractivity contribution < 1.29 is 24.2 Å². The van der Waals surface area contributed by atoms with E-state index in [2.05, 4.69) is 34.9 Å². The molecule has 0 aliphatic heterocycles. The molecule has 0 aromatic heterocycles. The number of ether oxygens (including phenoxy) is 1. The molecule has 3 N–H and O–H groups in total. The van der Waals surface area contributed by atoms with Gasteiger partial charge < -0.3 is 20.5 Å². The van der Waals surface area contributed by atoms with Gasteiger partial charge in [-0.3, -0.25) is 9.59 Å². The summed E-state index contributed by atoms with van der Waals surface area (Å²) in [5.74, 6) is -1.08. The van der Waals surface area contributed by atoms with Gasteiger partial charge >= 0.3 is 12.1 Å². The average molecular weight is 437 g/mol. The van der Waals surface area contributed by atoms with Crippen LogP contribution >= 0.6 is 0 Å². The molecule has 32 heavy (non-hydrogen) atoms. The number of unbranched alkanes of at least 4 members (excludes halogenated alkanes) is 1. The number of carbonyl (C=O) groups is 3. The number of hydrogen-bond donors (Lipinski definition) is 3. The first kappa shape index (κ1) is 23.1. The third kappa shape index (κ3) is 5.97. The molecule has 2 aromatic rings.